The molecule has 34 heavy (non-hydrogen) atoms. The molecule has 11 nitrogen and oxygen atoms in total. The first kappa shape index (κ1) is 24.0. The van der Waals surface area contributed by atoms with E-state index >= 15 is 0 Å². The number of nitrogens with zero attached hydrogens (tertiary/aromatic N) is 6. The standard InChI is InChI=1S/C18H17F3N6O5S2/c1-10-14(9-24(2)23-10)34(31,32)26-5-3-25(4-6-26)17-22-16(28)12-7-11(18(19,20)21)8-13(27(29)30)15(12)33-17/h7-9H,3-6H2,1-2H3. The summed E-state index contributed by atoms with van der Waals surface area (Å²) in [6, 6.07) is 0.946. The number of halogens is 3. The monoisotopic (exact) mass is 518 g/mol. The number of sulfonamides is 1. The lowest BCUT2D eigenvalue weighted by Crippen LogP contribution is -2.49. The quantitative estimate of drug-likeness (QED) is 0.379. The van der Waals surface area contributed by atoms with Gasteiger partial charge in [-0.15, -0.1) is 0 Å². The van der Waals surface area contributed by atoms with Gasteiger partial charge < -0.3 is 4.90 Å². The normalized spacial score (nSPS) is 15.7. The van der Waals surface area contributed by atoms with Gasteiger partial charge in [0.05, 0.1) is 21.6 Å². The summed E-state index contributed by atoms with van der Waals surface area (Å²) in [5.41, 5.74) is -2.83. The van der Waals surface area contributed by atoms with Crippen LogP contribution in [0.4, 0.5) is 24.0 Å². The molecule has 1 aromatic carbocycles. The third kappa shape index (κ3) is 4.23. The van der Waals surface area contributed by atoms with Crippen molar-refractivity contribution < 1.29 is 26.5 Å². The van der Waals surface area contributed by atoms with E-state index in [0.717, 1.165) is 11.3 Å². The SMILES string of the molecule is Cc1nn(C)cc1S(=O)(=O)N1CCN(c2nc(=O)c3cc(C(F)(F)F)cc([N+](=O)[O-])c3s2)CC1. The molecule has 1 saturated heterocycles. The summed E-state index contributed by atoms with van der Waals surface area (Å²) in [6.45, 7) is 1.93. The van der Waals surface area contributed by atoms with E-state index in [1.54, 1.807) is 18.9 Å². The molecule has 16 heteroatoms. The molecule has 0 N–H and O–H groups in total. The van der Waals surface area contributed by atoms with Gasteiger partial charge in [0, 0.05) is 45.5 Å². The summed E-state index contributed by atoms with van der Waals surface area (Å²) in [5.74, 6) is 0. The minimum absolute atomic E-state index is 0.0480. The van der Waals surface area contributed by atoms with Gasteiger partial charge in [0.25, 0.3) is 11.2 Å². The van der Waals surface area contributed by atoms with E-state index in [-0.39, 0.29) is 40.9 Å². The van der Waals surface area contributed by atoms with Crippen molar-refractivity contribution in [1.29, 1.82) is 0 Å². The van der Waals surface area contributed by atoms with E-state index in [1.165, 1.54) is 15.2 Å². The molecule has 1 aliphatic heterocycles. The Morgan fingerprint density at radius 3 is 2.35 bits per heavy atom. The smallest absolute Gasteiger partial charge is 0.345 e. The molecule has 0 amide bonds. The molecule has 0 aliphatic carbocycles. The zero-order valence-corrected chi connectivity index (χ0v) is 19.4. The Labute approximate surface area is 194 Å². The molecule has 0 unspecified atom stereocenters. The van der Waals surface area contributed by atoms with E-state index < -0.39 is 43.3 Å². The lowest BCUT2D eigenvalue weighted by molar-refractivity contribution is -0.383. The van der Waals surface area contributed by atoms with Gasteiger partial charge in [-0.3, -0.25) is 19.6 Å². The fourth-order valence-electron chi connectivity index (χ4n) is 3.67. The molecule has 0 spiro atoms. The Kier molecular flexibility index (Phi) is 5.85. The maximum atomic E-state index is 13.1. The third-order valence-corrected chi connectivity index (χ3v) is 8.48. The number of nitro benzene ring substituents is 1. The predicted octanol–water partition coefficient (Wildman–Crippen LogP) is 2.14. The highest BCUT2D eigenvalue weighted by molar-refractivity contribution is 7.89. The number of hydrogen-bond donors (Lipinski definition) is 0. The second-order valence-electron chi connectivity index (χ2n) is 7.57. The second kappa shape index (κ2) is 8.28. The molecule has 4 rings (SSSR count). The van der Waals surface area contributed by atoms with E-state index in [1.807, 2.05) is 0 Å². The molecule has 1 aliphatic rings. The van der Waals surface area contributed by atoms with E-state index in [9.17, 15) is 36.5 Å². The van der Waals surface area contributed by atoms with Crippen molar-refractivity contribution in [2.75, 3.05) is 31.1 Å². The molecule has 3 aromatic rings. The van der Waals surface area contributed by atoms with Crippen LogP contribution in [0.25, 0.3) is 10.1 Å². The molecule has 0 radical (unpaired) electrons. The molecule has 0 bridgehead atoms. The van der Waals surface area contributed by atoms with Crippen LogP contribution in [-0.4, -0.2) is 58.6 Å². The van der Waals surface area contributed by atoms with Crippen molar-refractivity contribution in [2.24, 2.45) is 7.05 Å². The zero-order chi connectivity index (χ0) is 25.0. The van der Waals surface area contributed by atoms with Gasteiger partial charge in [0.1, 0.15) is 9.60 Å². The topological polar surface area (TPSA) is 132 Å². The second-order valence-corrected chi connectivity index (χ2v) is 10.5. The van der Waals surface area contributed by atoms with Gasteiger partial charge >= 0.3 is 6.18 Å². The van der Waals surface area contributed by atoms with Gasteiger partial charge in [-0.2, -0.15) is 27.6 Å². The number of aryl methyl sites for hydroxylation is 2. The van der Waals surface area contributed by atoms with Crippen LogP contribution < -0.4 is 10.5 Å². The number of piperazine rings is 1. The highest BCUT2D eigenvalue weighted by Crippen LogP contribution is 2.38. The Hall–Kier alpha value is -3.11. The largest absolute Gasteiger partial charge is 0.416 e. The molecular formula is C18H17F3N6O5S2. The minimum Gasteiger partial charge on any atom is -0.345 e. The fourth-order valence-corrected chi connectivity index (χ4v) is 6.40. The number of nitro groups is 1. The maximum absolute atomic E-state index is 13.1. The molecule has 0 atom stereocenters. The van der Waals surface area contributed by atoms with E-state index in [4.69, 9.17) is 0 Å². The number of fused-ring (bicyclic) bond motifs is 1. The minimum atomic E-state index is -4.87. The summed E-state index contributed by atoms with van der Waals surface area (Å²) in [4.78, 5) is 28.5. The Balaban J connectivity index is 1.66. The number of hydrogen-bond acceptors (Lipinski definition) is 9. The molecule has 0 saturated carbocycles. The summed E-state index contributed by atoms with van der Waals surface area (Å²) < 4.78 is 67.7. The number of alkyl halides is 3. The Morgan fingerprint density at radius 2 is 1.82 bits per heavy atom. The summed E-state index contributed by atoms with van der Waals surface area (Å²) in [5, 5.41) is 15.1. The van der Waals surface area contributed by atoms with Crippen LogP contribution in [-0.2, 0) is 23.2 Å². The van der Waals surface area contributed by atoms with Crippen molar-refractivity contribution in [2.45, 2.75) is 18.0 Å². The zero-order valence-electron chi connectivity index (χ0n) is 17.7. The first-order valence-electron chi connectivity index (χ1n) is 9.75. The maximum Gasteiger partial charge on any atom is 0.416 e. The molecule has 3 heterocycles. The van der Waals surface area contributed by atoms with Crippen LogP contribution in [0.1, 0.15) is 11.3 Å². The predicted molar refractivity (Wildman–Crippen MR) is 116 cm³/mol. The van der Waals surface area contributed by atoms with Crippen LogP contribution in [0, 0.1) is 17.0 Å². The van der Waals surface area contributed by atoms with Crippen LogP contribution in [0.3, 0.4) is 0 Å². The number of aromatic nitrogens is 3. The highest BCUT2D eigenvalue weighted by Gasteiger charge is 2.35. The lowest BCUT2D eigenvalue weighted by atomic mass is 10.1. The number of non-ortho nitro benzene ring substituents is 1. The number of rotatable bonds is 4. The van der Waals surface area contributed by atoms with E-state index in [2.05, 4.69) is 10.1 Å². The van der Waals surface area contributed by atoms with Crippen LogP contribution in [0.15, 0.2) is 28.0 Å². The summed E-state index contributed by atoms with van der Waals surface area (Å²) >= 11 is 0.717. The van der Waals surface area contributed by atoms with Crippen LogP contribution >= 0.6 is 11.3 Å². The average molecular weight is 518 g/mol. The fraction of sp³-hybridized carbons (Fsp3) is 0.389. The Morgan fingerprint density at radius 1 is 1.18 bits per heavy atom. The van der Waals surface area contributed by atoms with Crippen molar-refractivity contribution in [3.63, 3.8) is 0 Å². The van der Waals surface area contributed by atoms with Gasteiger partial charge in [0.15, 0.2) is 5.13 Å². The highest BCUT2D eigenvalue weighted by atomic mass is 32.2. The molecule has 2 aromatic heterocycles. The van der Waals surface area contributed by atoms with Gasteiger partial charge in [-0.25, -0.2) is 8.42 Å². The molecular weight excluding hydrogens is 501 g/mol. The lowest BCUT2D eigenvalue weighted by Gasteiger charge is -2.34. The first-order chi connectivity index (χ1) is 15.8. The van der Waals surface area contributed by atoms with E-state index in [0.29, 0.717) is 17.8 Å². The molecule has 182 valence electrons. The van der Waals surface area contributed by atoms with Gasteiger partial charge in [-0.1, -0.05) is 11.3 Å². The van der Waals surface area contributed by atoms with Crippen molar-refractivity contribution >= 4 is 42.3 Å². The van der Waals surface area contributed by atoms with Crippen molar-refractivity contribution in [3.05, 3.63) is 50.1 Å². The summed E-state index contributed by atoms with van der Waals surface area (Å²) in [7, 11) is -2.20. The number of anilines is 1. The number of benzene rings is 1. The Bertz CT molecular complexity index is 1460. The molecule has 1 fully saturated rings. The third-order valence-electron chi connectivity index (χ3n) is 5.31. The van der Waals surface area contributed by atoms with Crippen LogP contribution in [0.5, 0.6) is 0 Å². The van der Waals surface area contributed by atoms with Crippen LogP contribution in [0.2, 0.25) is 0 Å². The summed E-state index contributed by atoms with van der Waals surface area (Å²) in [6.07, 6.45) is -3.47. The van der Waals surface area contributed by atoms with Gasteiger partial charge in [-0.05, 0) is 13.0 Å². The van der Waals surface area contributed by atoms with Gasteiger partial charge in [0.2, 0.25) is 10.0 Å². The van der Waals surface area contributed by atoms with Crippen molar-refractivity contribution in [3.8, 4) is 0 Å². The van der Waals surface area contributed by atoms with Crippen molar-refractivity contribution in [1.82, 2.24) is 19.1 Å². The average Bonchev–Trinajstić information content (AvgIpc) is 3.11. The first-order valence-corrected chi connectivity index (χ1v) is 12.0.